The summed E-state index contributed by atoms with van der Waals surface area (Å²) in [6.07, 6.45) is 0. The monoisotopic (exact) mass is 372 g/mol. The fraction of sp³-hybridized carbons (Fsp3) is 0.350. The maximum atomic E-state index is 12.9. The van der Waals surface area contributed by atoms with Crippen molar-refractivity contribution in [2.24, 2.45) is 0 Å². The van der Waals surface area contributed by atoms with Crippen molar-refractivity contribution in [1.82, 2.24) is 4.90 Å². The summed E-state index contributed by atoms with van der Waals surface area (Å²) < 4.78 is 10.7. The lowest BCUT2D eigenvalue weighted by Crippen LogP contribution is -2.34. The van der Waals surface area contributed by atoms with Gasteiger partial charge in [0.15, 0.2) is 11.5 Å². The molecule has 1 saturated heterocycles. The van der Waals surface area contributed by atoms with E-state index in [0.717, 1.165) is 28.1 Å². The van der Waals surface area contributed by atoms with E-state index in [4.69, 9.17) is 9.47 Å². The van der Waals surface area contributed by atoms with Gasteiger partial charge in [0.05, 0.1) is 14.2 Å². The third-order valence-corrected chi connectivity index (χ3v) is 5.95. The largest absolute Gasteiger partial charge is 0.493 e. The number of hydrogen-bond donors (Lipinski definition) is 1. The molecular weight excluding hydrogens is 348 g/mol. The van der Waals surface area contributed by atoms with Crippen molar-refractivity contribution in [3.63, 3.8) is 0 Å². The second-order valence-electron chi connectivity index (χ2n) is 6.21. The standard InChI is InChI=1S/C20H24N2O3S/c1-13-6-5-7-16(14(13)2)21-20(23)22-10-11-26-19(22)15-8-9-17(24-3)18(12-15)25-4/h5-9,12,19H,10-11H2,1-4H3,(H,21,23). The summed E-state index contributed by atoms with van der Waals surface area (Å²) in [6.45, 7) is 4.78. The Balaban J connectivity index is 1.81. The molecule has 0 aliphatic carbocycles. The molecule has 138 valence electrons. The molecule has 1 heterocycles. The average molecular weight is 372 g/mol. The Hall–Kier alpha value is -2.34. The smallest absolute Gasteiger partial charge is 0.323 e. The highest BCUT2D eigenvalue weighted by atomic mass is 32.2. The van der Waals surface area contributed by atoms with Gasteiger partial charge in [0.1, 0.15) is 5.37 Å². The molecule has 0 saturated carbocycles. The Morgan fingerprint density at radius 1 is 1.15 bits per heavy atom. The number of hydrogen-bond acceptors (Lipinski definition) is 4. The van der Waals surface area contributed by atoms with Gasteiger partial charge in [-0.1, -0.05) is 18.2 Å². The van der Waals surface area contributed by atoms with Gasteiger partial charge < -0.3 is 19.7 Å². The molecule has 1 N–H and O–H groups in total. The Morgan fingerprint density at radius 3 is 2.65 bits per heavy atom. The topological polar surface area (TPSA) is 50.8 Å². The summed E-state index contributed by atoms with van der Waals surface area (Å²) in [5, 5.41) is 3.02. The fourth-order valence-corrected chi connectivity index (χ4v) is 4.28. The quantitative estimate of drug-likeness (QED) is 0.852. The van der Waals surface area contributed by atoms with Gasteiger partial charge in [0.25, 0.3) is 0 Å². The Kier molecular flexibility index (Phi) is 5.61. The molecule has 0 aromatic heterocycles. The maximum Gasteiger partial charge on any atom is 0.323 e. The van der Waals surface area contributed by atoms with Crippen molar-refractivity contribution < 1.29 is 14.3 Å². The molecule has 3 rings (SSSR count). The first-order chi connectivity index (χ1) is 12.5. The van der Waals surface area contributed by atoms with Crippen LogP contribution in [0.1, 0.15) is 22.1 Å². The van der Waals surface area contributed by atoms with Gasteiger partial charge in [0, 0.05) is 18.0 Å². The highest BCUT2D eigenvalue weighted by Crippen LogP contribution is 2.41. The highest BCUT2D eigenvalue weighted by Gasteiger charge is 2.31. The van der Waals surface area contributed by atoms with Crippen LogP contribution in [0.2, 0.25) is 0 Å². The molecule has 1 fully saturated rings. The van der Waals surface area contributed by atoms with E-state index in [1.54, 1.807) is 26.0 Å². The van der Waals surface area contributed by atoms with E-state index in [-0.39, 0.29) is 11.4 Å². The predicted molar refractivity (Wildman–Crippen MR) is 106 cm³/mol. The number of urea groups is 1. The molecule has 0 spiro atoms. The number of nitrogens with zero attached hydrogens (tertiary/aromatic N) is 1. The van der Waals surface area contributed by atoms with Crippen LogP contribution >= 0.6 is 11.8 Å². The zero-order chi connectivity index (χ0) is 18.7. The molecule has 0 bridgehead atoms. The Bertz CT molecular complexity index is 810. The molecule has 26 heavy (non-hydrogen) atoms. The van der Waals surface area contributed by atoms with E-state index in [1.165, 1.54) is 0 Å². The molecule has 2 amide bonds. The van der Waals surface area contributed by atoms with E-state index in [0.29, 0.717) is 18.0 Å². The average Bonchev–Trinajstić information content (AvgIpc) is 3.14. The molecule has 2 aromatic carbocycles. The van der Waals surface area contributed by atoms with Crippen molar-refractivity contribution in [2.45, 2.75) is 19.2 Å². The zero-order valence-electron chi connectivity index (χ0n) is 15.5. The first-order valence-electron chi connectivity index (χ1n) is 8.52. The number of nitrogens with one attached hydrogen (secondary N) is 1. The predicted octanol–water partition coefficient (Wildman–Crippen LogP) is 4.60. The van der Waals surface area contributed by atoms with E-state index in [9.17, 15) is 4.79 Å². The van der Waals surface area contributed by atoms with Crippen LogP contribution < -0.4 is 14.8 Å². The van der Waals surface area contributed by atoms with Gasteiger partial charge in [-0.3, -0.25) is 0 Å². The van der Waals surface area contributed by atoms with Crippen LogP contribution in [-0.2, 0) is 0 Å². The van der Waals surface area contributed by atoms with E-state index in [1.807, 2.05) is 55.1 Å². The number of amides is 2. The fourth-order valence-electron chi connectivity index (χ4n) is 3.03. The Morgan fingerprint density at radius 2 is 1.92 bits per heavy atom. The number of anilines is 1. The van der Waals surface area contributed by atoms with Crippen LogP contribution in [0.3, 0.4) is 0 Å². The molecule has 1 aliphatic heterocycles. The van der Waals surface area contributed by atoms with Gasteiger partial charge in [0.2, 0.25) is 0 Å². The number of carbonyl (C=O) groups is 1. The lowest BCUT2D eigenvalue weighted by atomic mass is 10.1. The molecule has 6 heteroatoms. The summed E-state index contributed by atoms with van der Waals surface area (Å²) in [4.78, 5) is 14.8. The molecule has 2 aromatic rings. The number of thioether (sulfide) groups is 1. The number of benzene rings is 2. The summed E-state index contributed by atoms with van der Waals surface area (Å²) in [7, 11) is 3.24. The molecular formula is C20H24N2O3S. The van der Waals surface area contributed by atoms with Crippen molar-refractivity contribution >= 4 is 23.5 Å². The molecule has 5 nitrogen and oxygen atoms in total. The van der Waals surface area contributed by atoms with E-state index >= 15 is 0 Å². The normalized spacial score (nSPS) is 16.5. The van der Waals surface area contributed by atoms with Gasteiger partial charge in [-0.2, -0.15) is 0 Å². The van der Waals surface area contributed by atoms with Crippen LogP contribution in [0.5, 0.6) is 11.5 Å². The Labute approximate surface area is 158 Å². The van der Waals surface area contributed by atoms with E-state index < -0.39 is 0 Å². The summed E-state index contributed by atoms with van der Waals surface area (Å²) in [6, 6.07) is 11.7. The van der Waals surface area contributed by atoms with E-state index in [2.05, 4.69) is 5.32 Å². The first kappa shape index (κ1) is 18.5. The second kappa shape index (κ2) is 7.91. The molecule has 0 radical (unpaired) electrons. The van der Waals surface area contributed by atoms with Crippen molar-refractivity contribution in [2.75, 3.05) is 31.8 Å². The van der Waals surface area contributed by atoms with Crippen LogP contribution in [0, 0.1) is 13.8 Å². The van der Waals surface area contributed by atoms with Crippen molar-refractivity contribution in [1.29, 1.82) is 0 Å². The van der Waals surface area contributed by atoms with Crippen LogP contribution in [0.4, 0.5) is 10.5 Å². The van der Waals surface area contributed by atoms with Gasteiger partial charge in [-0.05, 0) is 48.7 Å². The first-order valence-corrected chi connectivity index (χ1v) is 9.57. The SMILES string of the molecule is COc1ccc(C2SCCN2C(=O)Nc2cccc(C)c2C)cc1OC. The number of aryl methyl sites for hydroxylation is 1. The number of carbonyl (C=O) groups excluding carboxylic acids is 1. The van der Waals surface area contributed by atoms with Gasteiger partial charge >= 0.3 is 6.03 Å². The molecule has 1 unspecified atom stereocenters. The minimum absolute atomic E-state index is 0.0417. The zero-order valence-corrected chi connectivity index (χ0v) is 16.4. The van der Waals surface area contributed by atoms with Crippen LogP contribution in [-0.4, -0.2) is 37.4 Å². The van der Waals surface area contributed by atoms with Crippen LogP contribution in [0.15, 0.2) is 36.4 Å². The second-order valence-corrected chi connectivity index (χ2v) is 7.40. The van der Waals surface area contributed by atoms with Crippen molar-refractivity contribution in [3.8, 4) is 11.5 Å². The summed E-state index contributed by atoms with van der Waals surface area (Å²) >= 11 is 1.75. The highest BCUT2D eigenvalue weighted by molar-refractivity contribution is 7.99. The maximum absolute atomic E-state index is 12.9. The minimum Gasteiger partial charge on any atom is -0.493 e. The summed E-state index contributed by atoms with van der Waals surface area (Å²) in [5.41, 5.74) is 4.14. The summed E-state index contributed by atoms with van der Waals surface area (Å²) in [5.74, 6) is 2.26. The van der Waals surface area contributed by atoms with Crippen molar-refractivity contribution in [3.05, 3.63) is 53.1 Å². The van der Waals surface area contributed by atoms with Gasteiger partial charge in [-0.25, -0.2) is 4.79 Å². The third kappa shape index (κ3) is 3.60. The number of ether oxygens (including phenoxy) is 2. The van der Waals surface area contributed by atoms with Crippen LogP contribution in [0.25, 0.3) is 0 Å². The lowest BCUT2D eigenvalue weighted by molar-refractivity contribution is 0.214. The molecule has 1 atom stereocenters. The molecule has 1 aliphatic rings. The lowest BCUT2D eigenvalue weighted by Gasteiger charge is -2.25. The van der Waals surface area contributed by atoms with Gasteiger partial charge in [-0.15, -0.1) is 11.8 Å². The minimum atomic E-state index is -0.0801. The third-order valence-electron chi connectivity index (χ3n) is 4.69. The number of methoxy groups -OCH3 is 2. The number of rotatable bonds is 4.